The zero-order valence-electron chi connectivity index (χ0n) is 24.4. The number of hydrogen-bond acceptors (Lipinski definition) is 3. The lowest BCUT2D eigenvalue weighted by Crippen LogP contribution is -2.28. The summed E-state index contributed by atoms with van der Waals surface area (Å²) in [5.74, 6) is 1.49. The summed E-state index contributed by atoms with van der Waals surface area (Å²) in [5, 5.41) is 9.90. The molecule has 208 valence electrons. The lowest BCUT2D eigenvalue weighted by Gasteiger charge is -2.35. The van der Waals surface area contributed by atoms with Gasteiger partial charge in [-0.2, -0.15) is 5.26 Å². The minimum absolute atomic E-state index is 0.0832. The van der Waals surface area contributed by atoms with Crippen molar-refractivity contribution in [2.45, 2.75) is 129 Å². The number of benzene rings is 1. The zero-order valence-corrected chi connectivity index (χ0v) is 24.4. The first kappa shape index (κ1) is 30.2. The van der Waals surface area contributed by atoms with E-state index in [1.165, 1.54) is 82.6 Å². The van der Waals surface area contributed by atoms with E-state index in [0.29, 0.717) is 5.92 Å². The summed E-state index contributed by atoms with van der Waals surface area (Å²) in [4.78, 5) is 4.72. The maximum absolute atomic E-state index is 9.90. The third-order valence-corrected chi connectivity index (χ3v) is 8.59. The molecule has 1 saturated carbocycles. The minimum Gasteiger partial charge on any atom is -0.493 e. The predicted molar refractivity (Wildman–Crippen MR) is 160 cm³/mol. The van der Waals surface area contributed by atoms with Gasteiger partial charge in [-0.3, -0.25) is 4.98 Å². The van der Waals surface area contributed by atoms with Gasteiger partial charge in [0.2, 0.25) is 0 Å². The molecule has 1 aliphatic carbocycles. The van der Waals surface area contributed by atoms with E-state index in [-0.39, 0.29) is 5.41 Å². The first-order chi connectivity index (χ1) is 18.7. The van der Waals surface area contributed by atoms with Crippen LogP contribution in [0.4, 0.5) is 0 Å². The number of aryl methyl sites for hydroxylation is 1. The molecule has 1 heterocycles. The van der Waals surface area contributed by atoms with Gasteiger partial charge in [0.25, 0.3) is 0 Å². The van der Waals surface area contributed by atoms with Gasteiger partial charge in [-0.15, -0.1) is 0 Å². The highest BCUT2D eigenvalue weighted by molar-refractivity contribution is 5.60. The lowest BCUT2D eigenvalue weighted by atomic mass is 9.69. The number of rotatable bonds is 18. The number of ether oxygens (including phenoxy) is 1. The molecular formula is C35H52N2O. The summed E-state index contributed by atoms with van der Waals surface area (Å²) in [5.41, 5.74) is 3.41. The van der Waals surface area contributed by atoms with Crippen molar-refractivity contribution in [2.24, 2.45) is 11.3 Å². The van der Waals surface area contributed by atoms with Crippen LogP contribution in [0.15, 0.2) is 42.6 Å². The largest absolute Gasteiger partial charge is 0.493 e. The van der Waals surface area contributed by atoms with Crippen molar-refractivity contribution in [2.75, 3.05) is 6.61 Å². The van der Waals surface area contributed by atoms with E-state index < -0.39 is 0 Å². The number of aromatic nitrogens is 1. The second-order valence-electron chi connectivity index (χ2n) is 11.8. The molecule has 0 N–H and O–H groups in total. The molecule has 1 aromatic heterocycles. The van der Waals surface area contributed by atoms with E-state index in [0.717, 1.165) is 62.1 Å². The molecular weight excluding hydrogens is 464 g/mol. The van der Waals surface area contributed by atoms with Crippen molar-refractivity contribution >= 4 is 0 Å². The van der Waals surface area contributed by atoms with Gasteiger partial charge in [-0.1, -0.05) is 90.5 Å². The number of hydrogen-bond donors (Lipinski definition) is 0. The monoisotopic (exact) mass is 516 g/mol. The Bertz CT molecular complexity index is 920. The van der Waals surface area contributed by atoms with Gasteiger partial charge in [0.05, 0.1) is 23.8 Å². The molecule has 0 aliphatic heterocycles. The van der Waals surface area contributed by atoms with Gasteiger partial charge >= 0.3 is 0 Å². The summed E-state index contributed by atoms with van der Waals surface area (Å²) >= 11 is 0. The zero-order chi connectivity index (χ0) is 26.9. The van der Waals surface area contributed by atoms with Crippen molar-refractivity contribution in [1.29, 1.82) is 5.26 Å². The van der Waals surface area contributed by atoms with Crippen molar-refractivity contribution in [1.82, 2.24) is 4.98 Å². The van der Waals surface area contributed by atoms with Gasteiger partial charge in [-0.05, 0) is 86.8 Å². The van der Waals surface area contributed by atoms with Crippen molar-refractivity contribution < 1.29 is 4.74 Å². The maximum atomic E-state index is 9.90. The van der Waals surface area contributed by atoms with Gasteiger partial charge in [0.15, 0.2) is 0 Å². The van der Waals surface area contributed by atoms with Crippen LogP contribution >= 0.6 is 0 Å². The predicted octanol–water partition coefficient (Wildman–Crippen LogP) is 10.5. The molecule has 0 unspecified atom stereocenters. The van der Waals surface area contributed by atoms with E-state index >= 15 is 0 Å². The highest BCUT2D eigenvalue weighted by Gasteiger charge is 2.35. The number of unbranched alkanes of at least 4 members (excludes halogenated alkanes) is 10. The summed E-state index contributed by atoms with van der Waals surface area (Å²) in [6.45, 7) is 5.28. The summed E-state index contributed by atoms with van der Waals surface area (Å²) in [6.07, 6.45) is 24.3. The van der Waals surface area contributed by atoms with Gasteiger partial charge < -0.3 is 4.74 Å². The molecule has 0 atom stereocenters. The smallest absolute Gasteiger partial charge is 0.119 e. The fourth-order valence-electron chi connectivity index (χ4n) is 5.85. The van der Waals surface area contributed by atoms with Crippen LogP contribution in [0.5, 0.6) is 5.75 Å². The molecule has 3 rings (SSSR count). The average Bonchev–Trinajstić information content (AvgIpc) is 2.97. The van der Waals surface area contributed by atoms with Crippen molar-refractivity contribution in [3.8, 4) is 23.1 Å². The van der Waals surface area contributed by atoms with Gasteiger partial charge in [0.1, 0.15) is 5.75 Å². The van der Waals surface area contributed by atoms with Crippen LogP contribution in [-0.2, 0) is 6.42 Å². The van der Waals surface area contributed by atoms with E-state index in [2.05, 4.69) is 56.3 Å². The Kier molecular flexibility index (Phi) is 13.7. The molecule has 3 nitrogen and oxygen atoms in total. The number of pyridine rings is 1. The Labute approximate surface area is 233 Å². The molecule has 0 radical (unpaired) electrons. The normalized spacial score (nSPS) is 19.2. The first-order valence-electron chi connectivity index (χ1n) is 15.8. The van der Waals surface area contributed by atoms with Crippen LogP contribution in [0.3, 0.4) is 0 Å². The third kappa shape index (κ3) is 10.4. The van der Waals surface area contributed by atoms with E-state index in [1.54, 1.807) is 0 Å². The van der Waals surface area contributed by atoms with Crippen molar-refractivity contribution in [3.63, 3.8) is 0 Å². The van der Waals surface area contributed by atoms with E-state index in [4.69, 9.17) is 9.72 Å². The Morgan fingerprint density at radius 2 is 1.45 bits per heavy atom. The van der Waals surface area contributed by atoms with E-state index in [1.807, 2.05) is 6.20 Å². The first-order valence-corrected chi connectivity index (χ1v) is 15.8. The fourth-order valence-corrected chi connectivity index (χ4v) is 5.85. The fraction of sp³-hybridized carbons (Fsp3) is 0.657. The summed E-state index contributed by atoms with van der Waals surface area (Å²) < 4.78 is 6.17. The van der Waals surface area contributed by atoms with Crippen molar-refractivity contribution in [3.05, 3.63) is 48.2 Å². The molecule has 0 bridgehead atoms. The summed E-state index contributed by atoms with van der Waals surface area (Å²) in [6, 6.07) is 15.5. The Morgan fingerprint density at radius 1 is 0.816 bits per heavy atom. The molecule has 0 spiro atoms. The lowest BCUT2D eigenvalue weighted by molar-refractivity contribution is 0.144. The SMILES string of the molecule is CCCCCCCCc1ccc(-c2ccc(OCC3CCC(C#N)(CCCCCCCC)CC3)cc2)nc1. The molecule has 1 aromatic carbocycles. The van der Waals surface area contributed by atoms with Crippen LogP contribution in [0.1, 0.15) is 129 Å². The second-order valence-corrected chi connectivity index (χ2v) is 11.8. The Hall–Kier alpha value is -2.34. The number of nitrogens with zero attached hydrogens (tertiary/aromatic N) is 2. The standard InChI is InChI=1S/C35H52N2O/c1-3-5-7-9-11-13-15-30-16-21-34(37-27-30)32-17-19-33(20-18-32)38-28-31-22-25-35(29-36,26-23-31)24-14-12-10-8-6-4-2/h16-21,27,31H,3-15,22-26,28H2,1-2H3. The molecule has 1 fully saturated rings. The second kappa shape index (κ2) is 17.3. The van der Waals surface area contributed by atoms with Crippen LogP contribution in [0, 0.1) is 22.7 Å². The van der Waals surface area contributed by atoms with Crippen LogP contribution < -0.4 is 4.74 Å². The maximum Gasteiger partial charge on any atom is 0.119 e. The minimum atomic E-state index is -0.0832. The third-order valence-electron chi connectivity index (χ3n) is 8.59. The van der Waals surface area contributed by atoms with Crippen LogP contribution in [-0.4, -0.2) is 11.6 Å². The number of nitriles is 1. The molecule has 3 heteroatoms. The molecule has 38 heavy (non-hydrogen) atoms. The molecule has 2 aromatic rings. The summed E-state index contributed by atoms with van der Waals surface area (Å²) in [7, 11) is 0. The van der Waals surface area contributed by atoms with Crippen LogP contribution in [0.25, 0.3) is 11.3 Å². The quantitative estimate of drug-likeness (QED) is 0.185. The topological polar surface area (TPSA) is 45.9 Å². The van der Waals surface area contributed by atoms with Gasteiger partial charge in [-0.25, -0.2) is 0 Å². The van der Waals surface area contributed by atoms with Gasteiger partial charge in [0, 0.05) is 11.8 Å². The molecule has 0 saturated heterocycles. The van der Waals surface area contributed by atoms with E-state index in [9.17, 15) is 5.26 Å². The molecule has 1 aliphatic rings. The highest BCUT2D eigenvalue weighted by atomic mass is 16.5. The van der Waals surface area contributed by atoms with Crippen LogP contribution in [0.2, 0.25) is 0 Å². The highest BCUT2D eigenvalue weighted by Crippen LogP contribution is 2.42. The Morgan fingerprint density at radius 3 is 2.05 bits per heavy atom. The Balaban J connectivity index is 1.36. The molecule has 0 amide bonds. The average molecular weight is 517 g/mol.